The first-order valence-electron chi connectivity index (χ1n) is 9.43. The topological polar surface area (TPSA) is 49.3 Å². The number of fused-ring (bicyclic) bond motifs is 4. The Labute approximate surface area is 158 Å². The van der Waals surface area contributed by atoms with Gasteiger partial charge in [-0.05, 0) is 52.8 Å². The number of carboxylic acids is 1. The standard InChI is InChI=1S/C24H21NO2/c1-14-16(24(26)27)12-13-21-18-9-5-11-20(18)23(25-22(14)21)19-10-4-7-15-6-2-3-8-17(15)19/h2-10,12-13,18,20,23,25H,11H2,1H3,(H,26,27)/t18-,20-,23+/m0/s1. The second-order valence-electron chi connectivity index (χ2n) is 7.55. The predicted octanol–water partition coefficient (Wildman–Crippen LogP) is 5.67. The molecule has 2 aliphatic rings. The van der Waals surface area contributed by atoms with Crippen molar-refractivity contribution in [3.63, 3.8) is 0 Å². The van der Waals surface area contributed by atoms with E-state index in [0.717, 1.165) is 17.7 Å². The number of hydrogen-bond donors (Lipinski definition) is 2. The molecular weight excluding hydrogens is 334 g/mol. The van der Waals surface area contributed by atoms with E-state index in [1.165, 1.54) is 21.9 Å². The first-order valence-corrected chi connectivity index (χ1v) is 9.43. The molecular formula is C24H21NO2. The van der Waals surface area contributed by atoms with Gasteiger partial charge in [-0.3, -0.25) is 0 Å². The number of anilines is 1. The molecule has 0 radical (unpaired) electrons. The zero-order valence-electron chi connectivity index (χ0n) is 15.1. The Morgan fingerprint density at radius 1 is 1.04 bits per heavy atom. The highest BCUT2D eigenvalue weighted by molar-refractivity contribution is 5.92. The molecule has 134 valence electrons. The van der Waals surface area contributed by atoms with Crippen LogP contribution in [-0.2, 0) is 0 Å². The average Bonchev–Trinajstić information content (AvgIpc) is 3.17. The summed E-state index contributed by atoms with van der Waals surface area (Å²) in [6, 6.07) is 18.8. The highest BCUT2D eigenvalue weighted by atomic mass is 16.4. The highest BCUT2D eigenvalue weighted by Gasteiger charge is 2.39. The maximum absolute atomic E-state index is 11.6. The van der Waals surface area contributed by atoms with E-state index in [9.17, 15) is 9.90 Å². The van der Waals surface area contributed by atoms with Gasteiger partial charge in [0.2, 0.25) is 0 Å². The lowest BCUT2D eigenvalue weighted by molar-refractivity contribution is 0.0696. The van der Waals surface area contributed by atoms with Gasteiger partial charge in [-0.15, -0.1) is 0 Å². The van der Waals surface area contributed by atoms with Gasteiger partial charge in [0.25, 0.3) is 0 Å². The van der Waals surface area contributed by atoms with Gasteiger partial charge in [0.15, 0.2) is 0 Å². The summed E-state index contributed by atoms with van der Waals surface area (Å²) in [6.45, 7) is 1.91. The number of aromatic carboxylic acids is 1. The molecule has 0 fully saturated rings. The van der Waals surface area contributed by atoms with Gasteiger partial charge in [0.1, 0.15) is 0 Å². The summed E-state index contributed by atoms with van der Waals surface area (Å²) in [6.07, 6.45) is 5.59. The van der Waals surface area contributed by atoms with Gasteiger partial charge in [0, 0.05) is 11.6 Å². The van der Waals surface area contributed by atoms with Gasteiger partial charge in [-0.2, -0.15) is 0 Å². The fourth-order valence-electron chi connectivity index (χ4n) is 4.88. The molecule has 1 heterocycles. The van der Waals surface area contributed by atoms with Crippen LogP contribution in [0.4, 0.5) is 5.69 Å². The lowest BCUT2D eigenvalue weighted by Gasteiger charge is -2.39. The number of carboxylic acid groups (broad SMARTS) is 1. The van der Waals surface area contributed by atoms with Crippen LogP contribution < -0.4 is 5.32 Å². The van der Waals surface area contributed by atoms with Crippen LogP contribution in [0.5, 0.6) is 0 Å². The van der Waals surface area contributed by atoms with E-state index in [1.54, 1.807) is 6.07 Å². The third-order valence-electron chi connectivity index (χ3n) is 6.19. The molecule has 3 nitrogen and oxygen atoms in total. The van der Waals surface area contributed by atoms with Crippen molar-refractivity contribution in [2.24, 2.45) is 5.92 Å². The molecule has 0 aromatic heterocycles. The van der Waals surface area contributed by atoms with Gasteiger partial charge in [-0.25, -0.2) is 4.79 Å². The Morgan fingerprint density at radius 2 is 1.85 bits per heavy atom. The molecule has 1 aliphatic carbocycles. The van der Waals surface area contributed by atoms with E-state index in [1.807, 2.05) is 13.0 Å². The van der Waals surface area contributed by atoms with Crippen molar-refractivity contribution in [2.45, 2.75) is 25.3 Å². The van der Waals surface area contributed by atoms with Crippen LogP contribution >= 0.6 is 0 Å². The van der Waals surface area contributed by atoms with Crippen molar-refractivity contribution in [3.8, 4) is 0 Å². The lowest BCUT2D eigenvalue weighted by Crippen LogP contribution is -2.30. The van der Waals surface area contributed by atoms with Crippen LogP contribution in [0, 0.1) is 12.8 Å². The second kappa shape index (κ2) is 5.98. The molecule has 0 unspecified atom stereocenters. The first-order chi connectivity index (χ1) is 13.1. The molecule has 3 heteroatoms. The van der Waals surface area contributed by atoms with Crippen molar-refractivity contribution in [3.05, 3.63) is 89.0 Å². The number of rotatable bonds is 2. The third-order valence-corrected chi connectivity index (χ3v) is 6.19. The summed E-state index contributed by atoms with van der Waals surface area (Å²) in [5.74, 6) is -0.104. The molecule has 0 saturated carbocycles. The summed E-state index contributed by atoms with van der Waals surface area (Å²) in [5.41, 5.74) is 4.69. The van der Waals surface area contributed by atoms with Crippen molar-refractivity contribution in [2.75, 3.05) is 5.32 Å². The lowest BCUT2D eigenvalue weighted by atomic mass is 9.75. The molecule has 27 heavy (non-hydrogen) atoms. The molecule has 0 saturated heterocycles. The molecule has 3 aromatic carbocycles. The maximum atomic E-state index is 11.6. The van der Waals surface area contributed by atoms with Gasteiger partial charge >= 0.3 is 5.97 Å². The van der Waals surface area contributed by atoms with Crippen molar-refractivity contribution >= 4 is 22.4 Å². The van der Waals surface area contributed by atoms with Crippen LogP contribution in [0.1, 0.15) is 45.4 Å². The normalized spacial score (nSPS) is 22.9. The van der Waals surface area contributed by atoms with E-state index >= 15 is 0 Å². The Hall–Kier alpha value is -3.07. The monoisotopic (exact) mass is 355 g/mol. The predicted molar refractivity (Wildman–Crippen MR) is 108 cm³/mol. The van der Waals surface area contributed by atoms with E-state index in [4.69, 9.17) is 0 Å². The largest absolute Gasteiger partial charge is 0.478 e. The SMILES string of the molecule is Cc1c(C(=O)O)ccc2c1N[C@H](c1cccc3ccccc13)[C@H]1CC=C[C@H]21. The summed E-state index contributed by atoms with van der Waals surface area (Å²) in [4.78, 5) is 11.6. The maximum Gasteiger partial charge on any atom is 0.336 e. The van der Waals surface area contributed by atoms with E-state index in [-0.39, 0.29) is 6.04 Å². The Kier molecular flexibility index (Phi) is 3.57. The van der Waals surface area contributed by atoms with Crippen LogP contribution in [0.3, 0.4) is 0 Å². The van der Waals surface area contributed by atoms with Crippen molar-refractivity contribution in [1.82, 2.24) is 0 Å². The van der Waals surface area contributed by atoms with Crippen LogP contribution in [0.2, 0.25) is 0 Å². The average molecular weight is 355 g/mol. The van der Waals surface area contributed by atoms with E-state index < -0.39 is 5.97 Å². The number of allylic oxidation sites excluding steroid dienone is 2. The fourth-order valence-corrected chi connectivity index (χ4v) is 4.88. The van der Waals surface area contributed by atoms with Crippen LogP contribution in [0.15, 0.2) is 66.7 Å². The molecule has 3 aromatic rings. The van der Waals surface area contributed by atoms with Crippen molar-refractivity contribution in [1.29, 1.82) is 0 Å². The van der Waals surface area contributed by atoms with Gasteiger partial charge in [0.05, 0.1) is 11.6 Å². The molecule has 0 spiro atoms. The minimum atomic E-state index is -0.872. The molecule has 3 atom stereocenters. The quantitative estimate of drug-likeness (QED) is 0.582. The summed E-state index contributed by atoms with van der Waals surface area (Å²) < 4.78 is 0. The molecule has 5 rings (SSSR count). The molecule has 1 aliphatic heterocycles. The molecule has 0 amide bonds. The molecule has 0 bridgehead atoms. The summed E-state index contributed by atoms with van der Waals surface area (Å²) in [5, 5.41) is 15.8. The Bertz CT molecular complexity index is 1090. The number of benzene rings is 3. The van der Waals surface area contributed by atoms with Crippen LogP contribution in [0.25, 0.3) is 10.8 Å². The Morgan fingerprint density at radius 3 is 2.70 bits per heavy atom. The molecule has 2 N–H and O–H groups in total. The summed E-state index contributed by atoms with van der Waals surface area (Å²) in [7, 11) is 0. The van der Waals surface area contributed by atoms with Gasteiger partial charge in [-0.1, -0.05) is 60.7 Å². The zero-order chi connectivity index (χ0) is 18.5. The zero-order valence-corrected chi connectivity index (χ0v) is 15.1. The first kappa shape index (κ1) is 16.1. The smallest absolute Gasteiger partial charge is 0.336 e. The number of hydrogen-bond acceptors (Lipinski definition) is 2. The van der Waals surface area contributed by atoms with Crippen LogP contribution in [-0.4, -0.2) is 11.1 Å². The van der Waals surface area contributed by atoms with E-state index in [0.29, 0.717) is 17.4 Å². The van der Waals surface area contributed by atoms with E-state index in [2.05, 4.69) is 59.9 Å². The fraction of sp³-hybridized carbons (Fsp3) is 0.208. The highest BCUT2D eigenvalue weighted by Crippen LogP contribution is 2.51. The minimum Gasteiger partial charge on any atom is -0.478 e. The minimum absolute atomic E-state index is 0.159. The third kappa shape index (κ3) is 2.38. The van der Waals surface area contributed by atoms with Gasteiger partial charge < -0.3 is 10.4 Å². The summed E-state index contributed by atoms with van der Waals surface area (Å²) >= 11 is 0. The number of carbonyl (C=O) groups is 1. The second-order valence-corrected chi connectivity index (χ2v) is 7.55. The number of nitrogens with one attached hydrogen (secondary N) is 1. The Balaban J connectivity index is 1.70. The van der Waals surface area contributed by atoms with Crippen molar-refractivity contribution < 1.29 is 9.90 Å².